The van der Waals surface area contributed by atoms with E-state index in [1.54, 1.807) is 0 Å². The maximum absolute atomic E-state index is 12.9. The second kappa shape index (κ2) is 4.80. The van der Waals surface area contributed by atoms with Crippen molar-refractivity contribution in [2.75, 3.05) is 11.9 Å². The predicted molar refractivity (Wildman–Crippen MR) is 60.8 cm³/mol. The summed E-state index contributed by atoms with van der Waals surface area (Å²) in [5.74, 6) is -1.73. The topological polar surface area (TPSA) is 69.6 Å². The van der Waals surface area contributed by atoms with Gasteiger partial charge >= 0.3 is 5.97 Å². The zero-order valence-corrected chi connectivity index (χ0v) is 10.1. The van der Waals surface area contributed by atoms with Gasteiger partial charge in [-0.15, -0.1) is 0 Å². The molecule has 0 spiro atoms. The molecule has 0 aliphatic rings. The molecule has 0 radical (unpaired) electrons. The van der Waals surface area contributed by atoms with Gasteiger partial charge in [-0.3, -0.25) is 0 Å². The first-order valence-electron chi connectivity index (χ1n) is 4.47. The quantitative estimate of drug-likeness (QED) is 0.792. The molecule has 3 N–H and O–H groups in total. The molecule has 0 aromatic heterocycles. The van der Waals surface area contributed by atoms with Crippen LogP contribution in [0.2, 0.25) is 0 Å². The van der Waals surface area contributed by atoms with Crippen molar-refractivity contribution in [1.82, 2.24) is 0 Å². The zero-order chi connectivity index (χ0) is 12.3. The molecule has 1 rings (SSSR count). The van der Waals surface area contributed by atoms with Gasteiger partial charge < -0.3 is 15.5 Å². The van der Waals surface area contributed by atoms with E-state index in [1.807, 2.05) is 0 Å². The van der Waals surface area contributed by atoms with Crippen LogP contribution in [0.25, 0.3) is 0 Å². The summed E-state index contributed by atoms with van der Waals surface area (Å²) in [4.78, 5) is 10.6. The number of carboxylic acids is 1. The molecule has 1 aromatic rings. The van der Waals surface area contributed by atoms with Crippen LogP contribution in [0, 0.1) is 5.82 Å². The van der Waals surface area contributed by atoms with Crippen LogP contribution in [-0.2, 0) is 4.79 Å². The van der Waals surface area contributed by atoms with Gasteiger partial charge in [0.25, 0.3) is 0 Å². The minimum Gasteiger partial charge on any atom is -0.479 e. The molecular weight excluding hydrogens is 281 g/mol. The van der Waals surface area contributed by atoms with Crippen LogP contribution >= 0.6 is 15.9 Å². The summed E-state index contributed by atoms with van der Waals surface area (Å²) in [7, 11) is 0. The summed E-state index contributed by atoms with van der Waals surface area (Å²) in [6, 6.07) is 4.16. The highest BCUT2D eigenvalue weighted by molar-refractivity contribution is 9.10. The molecule has 0 aliphatic heterocycles. The molecule has 0 heterocycles. The minimum atomic E-state index is -1.86. The van der Waals surface area contributed by atoms with Crippen molar-refractivity contribution in [3.8, 4) is 0 Å². The van der Waals surface area contributed by atoms with Gasteiger partial charge in [-0.25, -0.2) is 9.18 Å². The second-order valence-corrected chi connectivity index (χ2v) is 4.42. The third-order valence-corrected chi connectivity index (χ3v) is 2.62. The van der Waals surface area contributed by atoms with Crippen LogP contribution in [0.15, 0.2) is 22.7 Å². The first-order valence-corrected chi connectivity index (χ1v) is 5.27. The number of rotatable bonds is 4. The van der Waals surface area contributed by atoms with Crippen LogP contribution in [0.1, 0.15) is 6.92 Å². The maximum Gasteiger partial charge on any atom is 0.337 e. The van der Waals surface area contributed by atoms with E-state index >= 15 is 0 Å². The predicted octanol–water partition coefficient (Wildman–Crippen LogP) is 1.84. The van der Waals surface area contributed by atoms with E-state index in [0.29, 0.717) is 5.69 Å². The van der Waals surface area contributed by atoms with E-state index < -0.39 is 17.4 Å². The fourth-order valence-electron chi connectivity index (χ4n) is 0.956. The molecule has 1 aromatic carbocycles. The number of carbonyl (C=O) groups is 1. The molecule has 4 nitrogen and oxygen atoms in total. The number of carboxylic acid groups (broad SMARTS) is 1. The van der Waals surface area contributed by atoms with Crippen molar-refractivity contribution in [2.45, 2.75) is 12.5 Å². The molecule has 16 heavy (non-hydrogen) atoms. The average molecular weight is 292 g/mol. The maximum atomic E-state index is 12.9. The molecule has 6 heteroatoms. The van der Waals surface area contributed by atoms with Gasteiger partial charge in [0.2, 0.25) is 0 Å². The smallest absolute Gasteiger partial charge is 0.337 e. The summed E-state index contributed by atoms with van der Waals surface area (Å²) in [6.45, 7) is 1.02. The van der Waals surface area contributed by atoms with E-state index in [2.05, 4.69) is 21.2 Å². The van der Waals surface area contributed by atoms with Crippen LogP contribution < -0.4 is 5.32 Å². The first-order chi connectivity index (χ1) is 7.33. The van der Waals surface area contributed by atoms with Crippen molar-refractivity contribution < 1.29 is 19.4 Å². The average Bonchev–Trinajstić information content (AvgIpc) is 2.20. The number of hydrogen-bond acceptors (Lipinski definition) is 3. The molecule has 0 aliphatic carbocycles. The Bertz CT molecular complexity index is 409. The lowest BCUT2D eigenvalue weighted by atomic mass is 10.1. The Kier molecular flexibility index (Phi) is 3.88. The highest BCUT2D eigenvalue weighted by Gasteiger charge is 2.29. The molecule has 1 atom stereocenters. The van der Waals surface area contributed by atoms with E-state index in [-0.39, 0.29) is 11.0 Å². The number of benzene rings is 1. The minimum absolute atomic E-state index is 0.166. The van der Waals surface area contributed by atoms with Crippen LogP contribution in [0.3, 0.4) is 0 Å². The van der Waals surface area contributed by atoms with Gasteiger partial charge in [-0.05, 0) is 41.1 Å². The normalized spacial score (nSPS) is 14.2. The van der Waals surface area contributed by atoms with Crippen molar-refractivity contribution in [3.63, 3.8) is 0 Å². The number of aliphatic hydroxyl groups is 1. The highest BCUT2D eigenvalue weighted by Crippen LogP contribution is 2.20. The lowest BCUT2D eigenvalue weighted by molar-refractivity contribution is -0.155. The molecule has 88 valence electrons. The summed E-state index contributed by atoms with van der Waals surface area (Å²) >= 11 is 3.00. The summed E-state index contributed by atoms with van der Waals surface area (Å²) in [5.41, 5.74) is -1.34. The van der Waals surface area contributed by atoms with Crippen molar-refractivity contribution in [3.05, 3.63) is 28.5 Å². The number of hydrogen-bond donors (Lipinski definition) is 3. The summed E-state index contributed by atoms with van der Waals surface area (Å²) in [5, 5.41) is 20.8. The zero-order valence-electron chi connectivity index (χ0n) is 8.50. The Balaban J connectivity index is 2.68. The van der Waals surface area contributed by atoms with Gasteiger partial charge in [-0.1, -0.05) is 0 Å². The SMILES string of the molecule is CC(O)(CNc1ccc(F)c(Br)c1)C(=O)O. The molecule has 0 bridgehead atoms. The number of anilines is 1. The van der Waals surface area contributed by atoms with Gasteiger partial charge in [0.1, 0.15) is 5.82 Å². The monoisotopic (exact) mass is 291 g/mol. The molecule has 0 fully saturated rings. The van der Waals surface area contributed by atoms with Gasteiger partial charge in [-0.2, -0.15) is 0 Å². The standard InChI is InChI=1S/C10H11BrFNO3/c1-10(16,9(14)15)5-13-6-2-3-8(12)7(11)4-6/h2-4,13,16H,5H2,1H3,(H,14,15). The third kappa shape index (κ3) is 3.18. The Morgan fingerprint density at radius 3 is 2.75 bits per heavy atom. The van der Waals surface area contributed by atoms with Crippen LogP contribution in [0.4, 0.5) is 10.1 Å². The van der Waals surface area contributed by atoms with Gasteiger partial charge in [0.05, 0.1) is 11.0 Å². The van der Waals surface area contributed by atoms with E-state index in [1.165, 1.54) is 25.1 Å². The fraction of sp³-hybridized carbons (Fsp3) is 0.300. The highest BCUT2D eigenvalue weighted by atomic mass is 79.9. The van der Waals surface area contributed by atoms with Crippen LogP contribution in [0.5, 0.6) is 0 Å². The van der Waals surface area contributed by atoms with Gasteiger partial charge in [0.15, 0.2) is 5.60 Å². The Morgan fingerprint density at radius 1 is 1.62 bits per heavy atom. The number of halogens is 2. The van der Waals surface area contributed by atoms with E-state index in [4.69, 9.17) is 5.11 Å². The molecule has 0 saturated heterocycles. The summed E-state index contributed by atoms with van der Waals surface area (Å²) < 4.78 is 13.2. The third-order valence-electron chi connectivity index (χ3n) is 2.02. The molecule has 0 amide bonds. The van der Waals surface area contributed by atoms with Gasteiger partial charge in [0, 0.05) is 5.69 Å². The van der Waals surface area contributed by atoms with Crippen molar-refractivity contribution >= 4 is 27.6 Å². The van der Waals surface area contributed by atoms with Crippen molar-refractivity contribution in [2.24, 2.45) is 0 Å². The first kappa shape index (κ1) is 12.9. The van der Waals surface area contributed by atoms with Crippen molar-refractivity contribution in [1.29, 1.82) is 0 Å². The van der Waals surface area contributed by atoms with E-state index in [0.717, 1.165) is 0 Å². The lowest BCUT2D eigenvalue weighted by Gasteiger charge is -2.19. The number of aliphatic carboxylic acids is 1. The summed E-state index contributed by atoms with van der Waals surface area (Å²) in [6.07, 6.45) is 0. The van der Waals surface area contributed by atoms with Crippen LogP contribution in [-0.4, -0.2) is 28.3 Å². The Labute approximate surface area is 100 Å². The number of nitrogens with one attached hydrogen (secondary N) is 1. The lowest BCUT2D eigenvalue weighted by Crippen LogP contribution is -2.41. The van der Waals surface area contributed by atoms with E-state index in [9.17, 15) is 14.3 Å². The molecule has 0 saturated carbocycles. The molecule has 1 unspecified atom stereocenters. The second-order valence-electron chi connectivity index (χ2n) is 3.56. The Hall–Kier alpha value is -1.14. The Morgan fingerprint density at radius 2 is 2.25 bits per heavy atom. The fourth-order valence-corrected chi connectivity index (χ4v) is 1.33. The molecular formula is C10H11BrFNO3. The largest absolute Gasteiger partial charge is 0.479 e.